The molecule has 0 bridgehead atoms. The SMILES string of the molecule is CCCCCC[C@@H]1NC(=O)[C@H](Cc2ccc(CNC(=O)COCCOCCN)cc2)NC(=O)[C@H](Cc2ccccc2)N(C)C(=O)CNC(=O)CNC(=O)[C@H]2CCCN2C(=O)[C@H](CC(=O)O)NC(=O)[C@H](Cc2cccc(O)c2)NC(=O)CNC(=O)[C@H](Cc2c[nH]c3ccccc23)NC1=O. The lowest BCUT2D eigenvalue weighted by Crippen LogP contribution is -2.60. The van der Waals surface area contributed by atoms with Crippen molar-refractivity contribution in [3.05, 3.63) is 137 Å². The van der Waals surface area contributed by atoms with Crippen LogP contribution in [0, 0.1) is 0 Å². The highest BCUT2D eigenvalue weighted by Gasteiger charge is 2.40. The Kier molecular flexibility index (Phi) is 29.5. The molecule has 29 nitrogen and oxygen atoms in total. The molecule has 1 aromatic heterocycles. The number of aromatic nitrogens is 1. The first kappa shape index (κ1) is 75.1. The summed E-state index contributed by atoms with van der Waals surface area (Å²) in [5, 5.41) is 44.9. The number of nitrogens with two attached hydrogens (primary N) is 1. The normalized spacial score (nSPS) is 20.9. The number of carboxylic acids is 1. The lowest BCUT2D eigenvalue weighted by Gasteiger charge is -2.30. The molecule has 2 aliphatic rings. The van der Waals surface area contributed by atoms with Gasteiger partial charge in [-0.2, -0.15) is 0 Å². The third kappa shape index (κ3) is 23.5. The van der Waals surface area contributed by atoms with Crippen molar-refractivity contribution in [2.75, 3.05) is 66.2 Å². The number of aliphatic carboxylic acids is 1. The summed E-state index contributed by atoms with van der Waals surface area (Å²) in [6, 6.07) is 18.3. The highest BCUT2D eigenvalue weighted by molar-refractivity contribution is 5.99. The number of para-hydroxylation sites is 1. The Morgan fingerprint density at radius 1 is 0.602 bits per heavy atom. The molecule has 526 valence electrons. The van der Waals surface area contributed by atoms with Gasteiger partial charge in [-0.3, -0.25) is 57.5 Å². The first-order valence-corrected chi connectivity index (χ1v) is 32.9. The number of H-pyrrole nitrogens is 1. The Morgan fingerprint density at radius 2 is 1.22 bits per heavy atom. The first-order valence-electron chi connectivity index (χ1n) is 32.9. The maximum absolute atomic E-state index is 15.2. The van der Waals surface area contributed by atoms with Gasteiger partial charge in [0.05, 0.1) is 45.9 Å². The molecule has 3 heterocycles. The molecule has 7 atom stereocenters. The number of phenolic OH excluding ortho intramolecular Hbond substituents is 1. The van der Waals surface area contributed by atoms with Crippen LogP contribution in [0.3, 0.4) is 0 Å². The Bertz CT molecular complexity index is 3570. The van der Waals surface area contributed by atoms with Gasteiger partial charge < -0.3 is 88.1 Å². The number of nitrogens with one attached hydrogen (secondary N) is 10. The number of carbonyl (C=O) groups is 12. The molecular weight excluding hydrogens is 1270 g/mol. The van der Waals surface area contributed by atoms with Crippen molar-refractivity contribution < 1.29 is 77.2 Å². The van der Waals surface area contributed by atoms with E-state index in [2.05, 4.69) is 52.8 Å². The molecule has 0 unspecified atom stereocenters. The number of likely N-dealkylation sites (N-methyl/N-ethyl adjacent to an activating group) is 1. The maximum Gasteiger partial charge on any atom is 0.305 e. The van der Waals surface area contributed by atoms with Crippen molar-refractivity contribution >= 4 is 81.9 Å². The van der Waals surface area contributed by atoms with Crippen LogP contribution in [0.25, 0.3) is 10.9 Å². The number of unbranched alkanes of at least 4 members (excludes halogenated alkanes) is 3. The van der Waals surface area contributed by atoms with Crippen molar-refractivity contribution in [2.24, 2.45) is 5.73 Å². The van der Waals surface area contributed by atoms with E-state index in [9.17, 15) is 53.4 Å². The van der Waals surface area contributed by atoms with Gasteiger partial charge in [0.25, 0.3) is 0 Å². The molecule has 98 heavy (non-hydrogen) atoms. The van der Waals surface area contributed by atoms with Gasteiger partial charge in [-0.1, -0.05) is 118 Å². The molecule has 4 aromatic carbocycles. The molecule has 0 radical (unpaired) electrons. The smallest absolute Gasteiger partial charge is 0.305 e. The van der Waals surface area contributed by atoms with Crippen molar-refractivity contribution in [1.29, 1.82) is 0 Å². The standard InChI is InChI=1S/C69H89N13O16/c1-3-4-5-9-20-51-64(91)78-54(35-47-38-71-50-19-11-10-18-49(47)50)63(90)74-40-59(85)76-52(33-46-16-12-17-48(83)31-46)65(92)80-55(36-62(88)89)69(96)82-27-13-21-56(82)67(94)75-39-58(84)73-41-61(87)81(2)57(34-43-14-7-6-8-15-43)68(95)79-53(66(93)77-51)32-44-22-24-45(25-23-44)37-72-60(86)42-98-30-29-97-28-26-70/h6-8,10-12,14-19,22-25,31,38,51-57,71,83H,3-5,9,13,20-21,26-30,32-37,39-42,70H2,1-2H3,(H,72,86)(H,73,84)(H,74,90)(H,75,94)(H,76,85)(H,77,93)(H,78,91)(H,79,95)(H,80,92)(H,88,89)/t51-,52-,53-,54-,55-,56+,57-/m0/s1. The van der Waals surface area contributed by atoms with Gasteiger partial charge in [0, 0.05) is 69.5 Å². The number of aromatic hydroxyl groups is 1. The van der Waals surface area contributed by atoms with Crippen LogP contribution in [0.4, 0.5) is 0 Å². The molecule has 29 heteroatoms. The van der Waals surface area contributed by atoms with Gasteiger partial charge in [0.2, 0.25) is 65.0 Å². The van der Waals surface area contributed by atoms with E-state index in [-0.39, 0.29) is 89.5 Å². The molecule has 14 N–H and O–H groups in total. The average molecular weight is 1360 g/mol. The largest absolute Gasteiger partial charge is 0.508 e. The summed E-state index contributed by atoms with van der Waals surface area (Å²) in [4.78, 5) is 175. The van der Waals surface area contributed by atoms with Crippen LogP contribution in [0.15, 0.2) is 109 Å². The van der Waals surface area contributed by atoms with Gasteiger partial charge >= 0.3 is 5.97 Å². The van der Waals surface area contributed by atoms with Gasteiger partial charge in [0.15, 0.2) is 0 Å². The molecule has 0 aliphatic carbocycles. The monoisotopic (exact) mass is 1360 g/mol. The fourth-order valence-electron chi connectivity index (χ4n) is 11.4. The second kappa shape index (κ2) is 38.5. The van der Waals surface area contributed by atoms with Crippen molar-refractivity contribution in [2.45, 2.75) is 133 Å². The summed E-state index contributed by atoms with van der Waals surface area (Å²) >= 11 is 0. The van der Waals surface area contributed by atoms with Crippen molar-refractivity contribution in [1.82, 2.24) is 62.6 Å². The minimum Gasteiger partial charge on any atom is -0.508 e. The van der Waals surface area contributed by atoms with E-state index in [0.717, 1.165) is 22.6 Å². The summed E-state index contributed by atoms with van der Waals surface area (Å²) in [5.74, 6) is -10.7. The molecule has 5 aromatic rings. The molecule has 0 saturated carbocycles. The zero-order chi connectivity index (χ0) is 70.5. The summed E-state index contributed by atoms with van der Waals surface area (Å²) in [5.41, 5.74) is 8.89. The fourth-order valence-corrected chi connectivity index (χ4v) is 11.4. The topological polar surface area (TPSA) is 420 Å². The average Bonchev–Trinajstić information content (AvgIpc) is 1.61. The Morgan fingerprint density at radius 3 is 1.96 bits per heavy atom. The molecule has 7 rings (SSSR count). The van der Waals surface area contributed by atoms with E-state index in [4.69, 9.17) is 15.2 Å². The summed E-state index contributed by atoms with van der Waals surface area (Å²) in [7, 11) is 1.34. The summed E-state index contributed by atoms with van der Waals surface area (Å²) < 4.78 is 10.7. The number of ether oxygens (including phenoxy) is 2. The van der Waals surface area contributed by atoms with Gasteiger partial charge in [-0.25, -0.2) is 0 Å². The Balaban J connectivity index is 1.23. The minimum atomic E-state index is -1.80. The summed E-state index contributed by atoms with van der Waals surface area (Å²) in [6.45, 7) is 0.842. The van der Waals surface area contributed by atoms with E-state index in [0.29, 0.717) is 64.7 Å². The third-order valence-electron chi connectivity index (χ3n) is 16.7. The first-order chi connectivity index (χ1) is 47.2. The number of carbonyl (C=O) groups excluding carboxylic acids is 11. The van der Waals surface area contributed by atoms with Crippen LogP contribution in [0.5, 0.6) is 5.75 Å². The zero-order valence-corrected chi connectivity index (χ0v) is 55.1. The van der Waals surface area contributed by atoms with Crippen LogP contribution in [-0.4, -0.2) is 204 Å². The molecule has 2 saturated heterocycles. The van der Waals surface area contributed by atoms with Gasteiger partial charge in [-0.05, 0) is 65.3 Å². The van der Waals surface area contributed by atoms with Crippen molar-refractivity contribution in [3.8, 4) is 5.75 Å². The highest BCUT2D eigenvalue weighted by Crippen LogP contribution is 2.23. The van der Waals surface area contributed by atoms with E-state index in [1.54, 1.807) is 72.9 Å². The number of carboxylic acid groups (broad SMARTS) is 1. The van der Waals surface area contributed by atoms with Gasteiger partial charge in [-0.15, -0.1) is 0 Å². The van der Waals surface area contributed by atoms with E-state index in [1.165, 1.54) is 31.3 Å². The molecule has 2 fully saturated rings. The second-order valence-electron chi connectivity index (χ2n) is 24.1. The number of hydrogen-bond donors (Lipinski definition) is 13. The van der Waals surface area contributed by atoms with Crippen LogP contribution in [-0.2, 0) is 99.2 Å². The predicted molar refractivity (Wildman–Crippen MR) is 358 cm³/mol. The number of nitrogens with zero attached hydrogens (tertiary/aromatic N) is 2. The predicted octanol–water partition coefficient (Wildman–Crippen LogP) is -0.199. The van der Waals surface area contributed by atoms with Crippen LogP contribution < -0.4 is 53.6 Å². The quantitative estimate of drug-likeness (QED) is 0.0356. The number of phenols is 1. The van der Waals surface area contributed by atoms with E-state index >= 15 is 14.4 Å². The highest BCUT2D eigenvalue weighted by atomic mass is 16.5. The van der Waals surface area contributed by atoms with Crippen LogP contribution in [0.1, 0.15) is 86.1 Å². The minimum absolute atomic E-state index is 0.0513. The molecule has 2 aliphatic heterocycles. The number of fused-ring (bicyclic) bond motifs is 2. The molecular formula is C69H89N13O16. The summed E-state index contributed by atoms with van der Waals surface area (Å²) in [6.07, 6.45) is 3.02. The molecule has 11 amide bonds. The number of benzene rings is 4. The van der Waals surface area contributed by atoms with Gasteiger partial charge in [0.1, 0.15) is 54.6 Å². The number of amides is 11. The lowest BCUT2D eigenvalue weighted by molar-refractivity contribution is -0.146. The fraction of sp³-hybridized carbons (Fsp3) is 0.449. The second-order valence-corrected chi connectivity index (χ2v) is 24.1. The Labute approximate surface area is 567 Å². The third-order valence-corrected chi connectivity index (χ3v) is 16.7. The maximum atomic E-state index is 15.2. The Hall–Kier alpha value is -10.3. The van der Waals surface area contributed by atoms with E-state index in [1.807, 2.05) is 19.1 Å². The van der Waals surface area contributed by atoms with Crippen LogP contribution >= 0.6 is 0 Å². The zero-order valence-electron chi connectivity index (χ0n) is 55.1. The lowest BCUT2D eigenvalue weighted by atomic mass is 9.99. The number of rotatable bonds is 24. The van der Waals surface area contributed by atoms with Crippen LogP contribution in [0.2, 0.25) is 0 Å². The number of hydrogen-bond acceptors (Lipinski definition) is 16. The van der Waals surface area contributed by atoms with E-state index < -0.39 is 133 Å². The number of aromatic amines is 1. The van der Waals surface area contributed by atoms with Crippen molar-refractivity contribution in [3.63, 3.8) is 0 Å². The molecule has 0 spiro atoms.